The fourth-order valence-corrected chi connectivity index (χ4v) is 10.8. The third kappa shape index (κ3) is 4.17. The molecular formula is C34H48O8. The number of fused-ring (bicyclic) bond motifs is 2. The summed E-state index contributed by atoms with van der Waals surface area (Å²) < 4.78 is 17.5. The van der Waals surface area contributed by atoms with Crippen LogP contribution in [0.4, 0.5) is 0 Å². The molecular weight excluding hydrogens is 536 g/mol. The SMILES string of the molecule is C=C(C(=O)[C@H](OC(C)=O)[C@@H](C)[C@H]1[C@@H](OC(C)=O)C[C@@]2(C)[C@@H]3C[C@@H](O)[C@H]4[C@H](C)OC(=O)C=C[C@@]45C[C@@]35CC[C@]12C)C(C)C. The van der Waals surface area contributed by atoms with Crippen LogP contribution in [0, 0.1) is 51.2 Å². The van der Waals surface area contributed by atoms with Gasteiger partial charge in [-0.25, -0.2) is 4.79 Å². The van der Waals surface area contributed by atoms with Gasteiger partial charge in [0.2, 0.25) is 0 Å². The highest BCUT2D eigenvalue weighted by atomic mass is 16.6. The van der Waals surface area contributed by atoms with Crippen molar-refractivity contribution in [3.63, 3.8) is 0 Å². The lowest BCUT2D eigenvalue weighted by molar-refractivity contribution is -0.174. The molecule has 2 spiro atoms. The molecule has 232 valence electrons. The fraction of sp³-hybridized carbons (Fsp3) is 0.765. The van der Waals surface area contributed by atoms with E-state index in [1.807, 2.05) is 33.8 Å². The Morgan fingerprint density at radius 3 is 2.36 bits per heavy atom. The lowest BCUT2D eigenvalue weighted by Crippen LogP contribution is -2.58. The molecule has 0 radical (unpaired) electrons. The number of Topliss-reactive ketones (excluding diaryl/α,β-unsaturated/α-hetero) is 1. The molecule has 4 fully saturated rings. The van der Waals surface area contributed by atoms with Crippen LogP contribution in [0.5, 0.6) is 0 Å². The van der Waals surface area contributed by atoms with Crippen molar-refractivity contribution in [1.82, 2.24) is 0 Å². The van der Waals surface area contributed by atoms with E-state index in [1.54, 1.807) is 6.08 Å². The largest absolute Gasteiger partial charge is 0.462 e. The summed E-state index contributed by atoms with van der Waals surface area (Å²) in [7, 11) is 0. The number of hydrogen-bond donors (Lipinski definition) is 1. The molecule has 12 atom stereocenters. The van der Waals surface area contributed by atoms with Gasteiger partial charge in [-0.05, 0) is 72.7 Å². The molecule has 0 unspecified atom stereocenters. The van der Waals surface area contributed by atoms with Gasteiger partial charge in [-0.2, -0.15) is 0 Å². The average Bonchev–Trinajstić information content (AvgIpc) is 3.51. The molecule has 4 aliphatic carbocycles. The zero-order valence-electron chi connectivity index (χ0n) is 26.4. The van der Waals surface area contributed by atoms with Crippen LogP contribution in [-0.2, 0) is 33.4 Å². The van der Waals surface area contributed by atoms with Gasteiger partial charge in [0.1, 0.15) is 12.2 Å². The molecule has 8 nitrogen and oxygen atoms in total. The Kier molecular flexibility index (Phi) is 7.40. The number of aliphatic hydroxyl groups excluding tert-OH is 1. The Hall–Kier alpha value is -2.48. The number of hydrogen-bond acceptors (Lipinski definition) is 8. The number of esters is 3. The summed E-state index contributed by atoms with van der Waals surface area (Å²) >= 11 is 0. The van der Waals surface area contributed by atoms with Crippen LogP contribution in [0.25, 0.3) is 0 Å². The molecule has 4 saturated carbocycles. The zero-order chi connectivity index (χ0) is 31.2. The second-order valence-electron chi connectivity index (χ2n) is 14.9. The summed E-state index contributed by atoms with van der Waals surface area (Å²) in [6.07, 6.45) is 4.75. The summed E-state index contributed by atoms with van der Waals surface area (Å²) in [6, 6.07) is 0. The van der Waals surface area contributed by atoms with Crippen LogP contribution in [0.15, 0.2) is 24.3 Å². The third-order valence-corrected chi connectivity index (χ3v) is 12.7. The van der Waals surface area contributed by atoms with Gasteiger partial charge in [-0.3, -0.25) is 14.4 Å². The highest BCUT2D eigenvalue weighted by molar-refractivity contribution is 5.99. The minimum atomic E-state index is -1.04. The molecule has 0 aromatic rings. The lowest BCUT2D eigenvalue weighted by Gasteiger charge is -2.61. The van der Waals surface area contributed by atoms with Crippen molar-refractivity contribution in [3.8, 4) is 0 Å². The number of allylic oxidation sites excluding steroid dienone is 1. The molecule has 1 aliphatic heterocycles. The Balaban J connectivity index is 1.58. The molecule has 8 heteroatoms. The molecule has 5 rings (SSSR count). The van der Waals surface area contributed by atoms with Gasteiger partial charge in [0.15, 0.2) is 11.9 Å². The Bertz CT molecular complexity index is 1240. The molecule has 0 amide bonds. The first-order valence-corrected chi connectivity index (χ1v) is 15.6. The van der Waals surface area contributed by atoms with Crippen LogP contribution in [-0.4, -0.2) is 53.2 Å². The summed E-state index contributed by atoms with van der Waals surface area (Å²) in [5.74, 6) is -2.48. The van der Waals surface area contributed by atoms with Crippen LogP contribution in [0.1, 0.15) is 87.5 Å². The lowest BCUT2D eigenvalue weighted by atomic mass is 9.43. The zero-order valence-corrected chi connectivity index (χ0v) is 26.4. The quantitative estimate of drug-likeness (QED) is 0.253. The van der Waals surface area contributed by atoms with E-state index >= 15 is 0 Å². The summed E-state index contributed by atoms with van der Waals surface area (Å²) in [6.45, 7) is 18.8. The standard InChI is InChI=1S/C34H48O8/c1-17(2)18(3)29(39)30(42-22(7)36)19(4)27-24(41-21(6)35)15-32(9)25-14-23(37)28-20(5)40-26(38)10-11-34(28)16-33(25,34)13-12-31(27,32)8/h10-11,17,19-20,23-25,27-28,30,37H,3,12-16H2,1-2,4-9H3/t19-,20-,23+,24-,25-,27-,28+,30+,31+,32-,33-,34+/m0/s1. The van der Waals surface area contributed by atoms with Crippen molar-refractivity contribution in [1.29, 1.82) is 0 Å². The first-order valence-electron chi connectivity index (χ1n) is 15.6. The maximum atomic E-state index is 13.7. The normalized spacial score (nSPS) is 44.8. The highest BCUT2D eigenvalue weighted by Crippen LogP contribution is 2.86. The minimum absolute atomic E-state index is 0.0974. The van der Waals surface area contributed by atoms with Crippen molar-refractivity contribution in [2.75, 3.05) is 0 Å². The smallest absolute Gasteiger partial charge is 0.330 e. The number of carbonyl (C=O) groups excluding carboxylic acids is 4. The van der Waals surface area contributed by atoms with Gasteiger partial charge in [0.05, 0.1) is 6.10 Å². The fourth-order valence-electron chi connectivity index (χ4n) is 10.8. The van der Waals surface area contributed by atoms with Crippen molar-refractivity contribution < 1.29 is 38.5 Å². The van der Waals surface area contributed by atoms with E-state index in [0.717, 1.165) is 19.3 Å². The van der Waals surface area contributed by atoms with E-state index in [2.05, 4.69) is 20.4 Å². The van der Waals surface area contributed by atoms with E-state index in [0.29, 0.717) is 18.4 Å². The molecule has 0 aromatic heterocycles. The van der Waals surface area contributed by atoms with Gasteiger partial charge in [0.25, 0.3) is 0 Å². The van der Waals surface area contributed by atoms with Crippen LogP contribution in [0.2, 0.25) is 0 Å². The summed E-state index contributed by atoms with van der Waals surface area (Å²) in [5.41, 5.74) is -0.759. The van der Waals surface area contributed by atoms with Gasteiger partial charge < -0.3 is 19.3 Å². The number of aliphatic hydroxyl groups is 1. The maximum Gasteiger partial charge on any atom is 0.330 e. The third-order valence-electron chi connectivity index (χ3n) is 12.7. The molecule has 1 heterocycles. The van der Waals surface area contributed by atoms with Gasteiger partial charge in [-0.15, -0.1) is 0 Å². The maximum absolute atomic E-state index is 13.7. The van der Waals surface area contributed by atoms with Gasteiger partial charge >= 0.3 is 17.9 Å². The average molecular weight is 585 g/mol. The first kappa shape index (κ1) is 31.0. The topological polar surface area (TPSA) is 116 Å². The number of carbonyl (C=O) groups is 4. The van der Waals surface area contributed by atoms with E-state index in [-0.39, 0.29) is 63.1 Å². The second kappa shape index (κ2) is 10.0. The summed E-state index contributed by atoms with van der Waals surface area (Å²) in [4.78, 5) is 50.9. The first-order chi connectivity index (χ1) is 19.5. The molecule has 42 heavy (non-hydrogen) atoms. The number of ether oxygens (including phenoxy) is 3. The van der Waals surface area contributed by atoms with E-state index in [4.69, 9.17) is 14.2 Å². The van der Waals surface area contributed by atoms with Gasteiger partial charge in [-0.1, -0.05) is 47.3 Å². The van der Waals surface area contributed by atoms with Crippen LogP contribution in [0.3, 0.4) is 0 Å². The molecule has 1 N–H and O–H groups in total. The number of cyclic esters (lactones) is 1. The predicted octanol–water partition coefficient (Wildman–Crippen LogP) is 4.97. The minimum Gasteiger partial charge on any atom is -0.462 e. The Morgan fingerprint density at radius 1 is 1.10 bits per heavy atom. The van der Waals surface area contributed by atoms with Crippen molar-refractivity contribution in [3.05, 3.63) is 24.3 Å². The van der Waals surface area contributed by atoms with Crippen LogP contribution >= 0.6 is 0 Å². The van der Waals surface area contributed by atoms with Crippen molar-refractivity contribution in [2.45, 2.75) is 112 Å². The van der Waals surface area contributed by atoms with E-state index in [9.17, 15) is 24.3 Å². The van der Waals surface area contributed by atoms with Crippen LogP contribution < -0.4 is 0 Å². The van der Waals surface area contributed by atoms with Gasteiger partial charge in [0, 0.05) is 43.1 Å². The second-order valence-corrected chi connectivity index (χ2v) is 14.9. The molecule has 0 saturated heterocycles. The monoisotopic (exact) mass is 584 g/mol. The Labute approximate surface area is 249 Å². The van der Waals surface area contributed by atoms with Crippen molar-refractivity contribution in [2.24, 2.45) is 51.2 Å². The molecule has 0 bridgehead atoms. The van der Waals surface area contributed by atoms with Crippen molar-refractivity contribution >= 4 is 23.7 Å². The summed E-state index contributed by atoms with van der Waals surface area (Å²) in [5, 5.41) is 11.7. The van der Waals surface area contributed by atoms with E-state index in [1.165, 1.54) is 13.8 Å². The number of rotatable bonds is 7. The molecule has 5 aliphatic rings. The molecule has 0 aromatic carbocycles. The number of ketones is 1. The van der Waals surface area contributed by atoms with E-state index < -0.39 is 36.3 Å². The Morgan fingerprint density at radius 2 is 1.76 bits per heavy atom. The predicted molar refractivity (Wildman–Crippen MR) is 155 cm³/mol. The highest BCUT2D eigenvalue weighted by Gasteiger charge is 2.83.